The normalized spacial score (nSPS) is 11.1. The molecule has 5 aromatic rings. The third kappa shape index (κ3) is 3.86. The Hall–Kier alpha value is -3.33. The maximum Gasteiger partial charge on any atom is 0.349 e. The molecule has 2 heterocycles. The van der Waals surface area contributed by atoms with Crippen molar-refractivity contribution in [2.24, 2.45) is 0 Å². The highest BCUT2D eigenvalue weighted by Crippen LogP contribution is 2.38. The van der Waals surface area contributed by atoms with Crippen LogP contribution in [-0.4, -0.2) is 25.3 Å². The molecule has 0 spiro atoms. The number of carbonyl (C=O) groups excluding carboxylic acids is 1. The average molecular weight is 497 g/mol. The zero-order chi connectivity index (χ0) is 23.1. The molecule has 0 radical (unpaired) electrons. The van der Waals surface area contributed by atoms with E-state index in [1.54, 1.807) is 7.11 Å². The molecule has 0 aliphatic carbocycles. The van der Waals surface area contributed by atoms with Gasteiger partial charge in [-0.1, -0.05) is 29.8 Å². The minimum Gasteiger partial charge on any atom is -0.495 e. The molecule has 3 aromatic carbocycles. The second kappa shape index (κ2) is 8.55. The SMILES string of the molecule is COC(=O)c1sc2cc(NC(=S)Nc3cc4oc5ccccc5c4cc3OC)ccc2c1Cl. The van der Waals surface area contributed by atoms with Gasteiger partial charge in [0.15, 0.2) is 5.11 Å². The number of anilines is 2. The third-order valence-electron chi connectivity index (χ3n) is 5.21. The van der Waals surface area contributed by atoms with Crippen LogP contribution in [0.5, 0.6) is 5.75 Å². The van der Waals surface area contributed by atoms with E-state index < -0.39 is 5.97 Å². The van der Waals surface area contributed by atoms with E-state index in [1.165, 1.54) is 18.4 Å². The molecule has 6 nitrogen and oxygen atoms in total. The van der Waals surface area contributed by atoms with Crippen molar-refractivity contribution < 1.29 is 18.7 Å². The number of methoxy groups -OCH3 is 2. The van der Waals surface area contributed by atoms with Crippen LogP contribution in [0.1, 0.15) is 9.67 Å². The first-order chi connectivity index (χ1) is 16.0. The van der Waals surface area contributed by atoms with E-state index >= 15 is 0 Å². The predicted molar refractivity (Wildman–Crippen MR) is 138 cm³/mol. The van der Waals surface area contributed by atoms with Gasteiger partial charge in [0.2, 0.25) is 0 Å². The van der Waals surface area contributed by atoms with Crippen LogP contribution in [0.15, 0.2) is 59.0 Å². The van der Waals surface area contributed by atoms with Gasteiger partial charge in [-0.25, -0.2) is 4.79 Å². The maximum absolute atomic E-state index is 11.9. The van der Waals surface area contributed by atoms with Crippen molar-refractivity contribution in [3.63, 3.8) is 0 Å². The molecule has 5 rings (SSSR count). The molecular formula is C24H17ClN2O4S2. The molecule has 166 valence electrons. The van der Waals surface area contributed by atoms with Crippen LogP contribution in [0.25, 0.3) is 32.0 Å². The molecular weight excluding hydrogens is 480 g/mol. The monoisotopic (exact) mass is 496 g/mol. The van der Waals surface area contributed by atoms with Gasteiger partial charge in [-0.2, -0.15) is 0 Å². The van der Waals surface area contributed by atoms with E-state index in [0.717, 1.165) is 37.7 Å². The van der Waals surface area contributed by atoms with Crippen LogP contribution in [0.2, 0.25) is 5.02 Å². The molecule has 33 heavy (non-hydrogen) atoms. The minimum absolute atomic E-state index is 0.371. The zero-order valence-electron chi connectivity index (χ0n) is 17.5. The molecule has 0 unspecified atom stereocenters. The van der Waals surface area contributed by atoms with Gasteiger partial charge in [0.05, 0.1) is 24.9 Å². The first kappa shape index (κ1) is 21.5. The summed E-state index contributed by atoms with van der Waals surface area (Å²) in [5.74, 6) is 0.183. The van der Waals surface area contributed by atoms with Crippen molar-refractivity contribution in [2.75, 3.05) is 24.9 Å². The summed E-state index contributed by atoms with van der Waals surface area (Å²) in [6, 6.07) is 17.2. The quantitative estimate of drug-likeness (QED) is 0.204. The number of benzene rings is 3. The van der Waals surface area contributed by atoms with Crippen LogP contribution < -0.4 is 15.4 Å². The lowest BCUT2D eigenvalue weighted by atomic mass is 10.1. The van der Waals surface area contributed by atoms with E-state index in [4.69, 9.17) is 37.7 Å². The Morgan fingerprint density at radius 2 is 1.82 bits per heavy atom. The lowest BCUT2D eigenvalue weighted by Crippen LogP contribution is -2.19. The Morgan fingerprint density at radius 3 is 2.61 bits per heavy atom. The molecule has 0 saturated carbocycles. The van der Waals surface area contributed by atoms with Crippen molar-refractivity contribution in [1.29, 1.82) is 0 Å². The van der Waals surface area contributed by atoms with Crippen LogP contribution in [-0.2, 0) is 4.74 Å². The van der Waals surface area contributed by atoms with Crippen LogP contribution in [0.4, 0.5) is 11.4 Å². The second-order valence-corrected chi connectivity index (χ2v) is 9.01. The number of fused-ring (bicyclic) bond motifs is 4. The molecule has 0 amide bonds. The number of nitrogens with one attached hydrogen (secondary N) is 2. The molecule has 0 atom stereocenters. The van der Waals surface area contributed by atoms with Crippen molar-refractivity contribution >= 4 is 89.6 Å². The Balaban J connectivity index is 1.42. The highest BCUT2D eigenvalue weighted by atomic mass is 35.5. The number of carbonyl (C=O) groups is 1. The summed E-state index contributed by atoms with van der Waals surface area (Å²) in [7, 11) is 2.94. The molecule has 0 saturated heterocycles. The predicted octanol–water partition coefficient (Wildman–Crippen LogP) is 7.06. The first-order valence-corrected chi connectivity index (χ1v) is 11.5. The smallest absolute Gasteiger partial charge is 0.349 e. The molecule has 0 aliphatic heterocycles. The van der Waals surface area contributed by atoms with Crippen molar-refractivity contribution in [3.05, 3.63) is 64.5 Å². The lowest BCUT2D eigenvalue weighted by Gasteiger charge is -2.13. The number of hydrogen-bond acceptors (Lipinski definition) is 6. The van der Waals surface area contributed by atoms with E-state index in [1.807, 2.05) is 54.6 Å². The number of hydrogen-bond donors (Lipinski definition) is 2. The van der Waals surface area contributed by atoms with E-state index in [0.29, 0.717) is 26.4 Å². The second-order valence-electron chi connectivity index (χ2n) is 7.17. The maximum atomic E-state index is 11.9. The lowest BCUT2D eigenvalue weighted by molar-refractivity contribution is 0.0606. The van der Waals surface area contributed by atoms with Gasteiger partial charge in [-0.15, -0.1) is 11.3 Å². The number of esters is 1. The fraction of sp³-hybridized carbons (Fsp3) is 0.0833. The summed E-state index contributed by atoms with van der Waals surface area (Å²) in [5, 5.41) is 9.87. The highest BCUT2D eigenvalue weighted by molar-refractivity contribution is 7.80. The number of halogens is 1. The summed E-state index contributed by atoms with van der Waals surface area (Å²) in [5.41, 5.74) is 2.96. The number of thiocarbonyl (C=S) groups is 1. The van der Waals surface area contributed by atoms with E-state index in [9.17, 15) is 4.79 Å². The molecule has 2 aromatic heterocycles. The molecule has 0 aliphatic rings. The van der Waals surface area contributed by atoms with Gasteiger partial charge in [-0.05, 0) is 42.5 Å². The van der Waals surface area contributed by atoms with Crippen LogP contribution in [0, 0.1) is 0 Å². The number of ether oxygens (including phenoxy) is 2. The van der Waals surface area contributed by atoms with Crippen molar-refractivity contribution in [3.8, 4) is 5.75 Å². The van der Waals surface area contributed by atoms with Gasteiger partial charge in [0.25, 0.3) is 0 Å². The van der Waals surface area contributed by atoms with E-state index in [2.05, 4.69) is 10.6 Å². The van der Waals surface area contributed by atoms with Gasteiger partial charge in [0.1, 0.15) is 21.8 Å². The zero-order valence-corrected chi connectivity index (χ0v) is 19.9. The summed E-state index contributed by atoms with van der Waals surface area (Å²) in [6.07, 6.45) is 0. The third-order valence-corrected chi connectivity index (χ3v) is 7.05. The average Bonchev–Trinajstić information content (AvgIpc) is 3.34. The van der Waals surface area contributed by atoms with E-state index in [-0.39, 0.29) is 0 Å². The summed E-state index contributed by atoms with van der Waals surface area (Å²) in [4.78, 5) is 12.3. The Morgan fingerprint density at radius 1 is 1.00 bits per heavy atom. The molecule has 0 bridgehead atoms. The van der Waals surface area contributed by atoms with Crippen LogP contribution >= 0.6 is 35.2 Å². The minimum atomic E-state index is -0.457. The number of furan rings is 1. The Kier molecular flexibility index (Phi) is 5.57. The number of para-hydroxylation sites is 1. The standard InChI is InChI=1S/C24H17ClN2O4S2/c1-29-19-10-15-13-5-3-4-6-17(13)31-18(15)11-16(19)27-24(32)26-12-7-8-14-20(9-12)33-22(21(14)25)23(28)30-2/h3-11H,1-2H3,(H2,26,27,32). The van der Waals surface area contributed by atoms with Crippen LogP contribution in [0.3, 0.4) is 0 Å². The highest BCUT2D eigenvalue weighted by Gasteiger charge is 2.18. The Bertz CT molecular complexity index is 1560. The fourth-order valence-corrected chi connectivity index (χ4v) is 5.36. The number of rotatable bonds is 4. The largest absolute Gasteiger partial charge is 0.495 e. The molecule has 0 fully saturated rings. The molecule has 9 heteroatoms. The number of thiophene rings is 1. The fourth-order valence-electron chi connectivity index (χ4n) is 3.67. The van der Waals surface area contributed by atoms with Gasteiger partial charge < -0.3 is 24.5 Å². The summed E-state index contributed by atoms with van der Waals surface area (Å²) < 4.78 is 17.2. The topological polar surface area (TPSA) is 72.7 Å². The summed E-state index contributed by atoms with van der Waals surface area (Å²) >= 11 is 13.1. The summed E-state index contributed by atoms with van der Waals surface area (Å²) in [6.45, 7) is 0. The van der Waals surface area contributed by atoms with Gasteiger partial charge >= 0.3 is 5.97 Å². The first-order valence-electron chi connectivity index (χ1n) is 9.86. The van der Waals surface area contributed by atoms with Gasteiger partial charge in [-0.3, -0.25) is 0 Å². The Labute approximate surface area is 203 Å². The van der Waals surface area contributed by atoms with Gasteiger partial charge in [0, 0.05) is 32.6 Å². The molecule has 2 N–H and O–H groups in total. The van der Waals surface area contributed by atoms with Crippen molar-refractivity contribution in [1.82, 2.24) is 0 Å². The van der Waals surface area contributed by atoms with Crippen molar-refractivity contribution in [2.45, 2.75) is 0 Å².